The average Bonchev–Trinajstić information content (AvgIpc) is 2.53. The Morgan fingerprint density at radius 3 is 2.76 bits per heavy atom. The van der Waals surface area contributed by atoms with Gasteiger partial charge in [-0.1, -0.05) is 15.9 Å². The monoisotopic (exact) mass is 293 g/mol. The summed E-state index contributed by atoms with van der Waals surface area (Å²) in [5, 5.41) is 8.98. The van der Waals surface area contributed by atoms with Crippen molar-refractivity contribution in [2.75, 3.05) is 38.1 Å². The van der Waals surface area contributed by atoms with Gasteiger partial charge in [0.25, 0.3) is 0 Å². The Kier molecular flexibility index (Phi) is 4.03. The third kappa shape index (κ3) is 3.21. The second-order valence-corrected chi connectivity index (χ2v) is 5.37. The van der Waals surface area contributed by atoms with Crippen molar-refractivity contribution in [2.24, 2.45) is 0 Å². The third-order valence-corrected chi connectivity index (χ3v) is 3.55. The van der Waals surface area contributed by atoms with Gasteiger partial charge in [-0.05, 0) is 38.2 Å². The van der Waals surface area contributed by atoms with Gasteiger partial charge in [-0.2, -0.15) is 5.26 Å². The van der Waals surface area contributed by atoms with E-state index in [1.807, 2.05) is 12.1 Å². The molecule has 1 aliphatic heterocycles. The van der Waals surface area contributed by atoms with Crippen LogP contribution in [0.15, 0.2) is 22.7 Å². The lowest BCUT2D eigenvalue weighted by molar-refractivity contribution is 0.360. The Morgan fingerprint density at radius 2 is 2.00 bits per heavy atom. The van der Waals surface area contributed by atoms with Gasteiger partial charge in [0, 0.05) is 29.8 Å². The van der Waals surface area contributed by atoms with Gasteiger partial charge in [0.05, 0.1) is 11.6 Å². The van der Waals surface area contributed by atoms with Crippen LogP contribution < -0.4 is 4.90 Å². The maximum absolute atomic E-state index is 8.98. The topological polar surface area (TPSA) is 30.3 Å². The van der Waals surface area contributed by atoms with Crippen molar-refractivity contribution in [1.82, 2.24) is 4.90 Å². The molecule has 0 N–H and O–H groups in total. The molecule has 1 aliphatic rings. The van der Waals surface area contributed by atoms with Crippen LogP contribution in [0.5, 0.6) is 0 Å². The molecule has 0 saturated carbocycles. The van der Waals surface area contributed by atoms with Crippen LogP contribution in [0.3, 0.4) is 0 Å². The summed E-state index contributed by atoms with van der Waals surface area (Å²) in [7, 11) is 2.16. The first-order valence-electron chi connectivity index (χ1n) is 5.83. The number of likely N-dealkylation sites (N-methyl/N-ethyl adjacent to an activating group) is 1. The number of anilines is 1. The van der Waals surface area contributed by atoms with Crippen LogP contribution in [-0.4, -0.2) is 38.1 Å². The van der Waals surface area contributed by atoms with Crippen molar-refractivity contribution in [3.63, 3.8) is 0 Å². The Hall–Kier alpha value is -1.05. The molecule has 0 aromatic heterocycles. The summed E-state index contributed by atoms with van der Waals surface area (Å²) >= 11 is 3.46. The van der Waals surface area contributed by atoms with E-state index >= 15 is 0 Å². The standard InChI is InChI=1S/C13H16BrN3/c1-16-3-2-4-17(6-5-16)13-8-11(10-15)7-12(14)9-13/h7-9H,2-6H2,1H3. The number of rotatable bonds is 1. The van der Waals surface area contributed by atoms with Crippen LogP contribution in [0, 0.1) is 11.3 Å². The number of nitriles is 1. The van der Waals surface area contributed by atoms with E-state index in [1.54, 1.807) is 0 Å². The van der Waals surface area contributed by atoms with E-state index < -0.39 is 0 Å². The molecule has 1 aromatic rings. The third-order valence-electron chi connectivity index (χ3n) is 3.10. The first-order valence-corrected chi connectivity index (χ1v) is 6.62. The fourth-order valence-corrected chi connectivity index (χ4v) is 2.61. The normalized spacial score (nSPS) is 17.6. The van der Waals surface area contributed by atoms with Gasteiger partial charge < -0.3 is 9.80 Å². The highest BCUT2D eigenvalue weighted by atomic mass is 79.9. The van der Waals surface area contributed by atoms with Gasteiger partial charge in [0.1, 0.15) is 0 Å². The molecule has 0 aliphatic carbocycles. The number of hydrogen-bond donors (Lipinski definition) is 0. The lowest BCUT2D eigenvalue weighted by Gasteiger charge is -2.23. The molecule has 0 unspecified atom stereocenters. The van der Waals surface area contributed by atoms with Gasteiger partial charge in [0.2, 0.25) is 0 Å². The molecule has 0 bridgehead atoms. The van der Waals surface area contributed by atoms with Gasteiger partial charge in [-0.25, -0.2) is 0 Å². The summed E-state index contributed by atoms with van der Waals surface area (Å²) in [5.41, 5.74) is 1.86. The Labute approximate surface area is 111 Å². The predicted octanol–water partition coefficient (Wildman–Crippen LogP) is 2.46. The Bertz CT molecular complexity index is 439. The van der Waals surface area contributed by atoms with Crippen LogP contribution in [0.1, 0.15) is 12.0 Å². The van der Waals surface area contributed by atoms with E-state index in [0.29, 0.717) is 5.56 Å². The molecule has 0 spiro atoms. The van der Waals surface area contributed by atoms with Gasteiger partial charge in [-0.15, -0.1) is 0 Å². The molecule has 4 heteroatoms. The van der Waals surface area contributed by atoms with E-state index in [4.69, 9.17) is 5.26 Å². The lowest BCUT2D eigenvalue weighted by atomic mass is 10.2. The quantitative estimate of drug-likeness (QED) is 0.797. The van der Waals surface area contributed by atoms with E-state index in [0.717, 1.165) is 36.3 Å². The minimum Gasteiger partial charge on any atom is -0.370 e. The first kappa shape index (κ1) is 12.4. The van der Waals surface area contributed by atoms with Crippen LogP contribution in [0.4, 0.5) is 5.69 Å². The summed E-state index contributed by atoms with van der Waals surface area (Å²) < 4.78 is 0.976. The molecule has 2 rings (SSSR count). The molecule has 1 aromatic carbocycles. The molecule has 90 valence electrons. The largest absolute Gasteiger partial charge is 0.370 e. The highest BCUT2D eigenvalue weighted by molar-refractivity contribution is 9.10. The molecule has 0 amide bonds. The van der Waals surface area contributed by atoms with Gasteiger partial charge in [0.15, 0.2) is 0 Å². The molecular weight excluding hydrogens is 278 g/mol. The zero-order valence-corrected chi connectivity index (χ0v) is 11.6. The van der Waals surface area contributed by atoms with Crippen LogP contribution in [0.25, 0.3) is 0 Å². The highest BCUT2D eigenvalue weighted by Crippen LogP contribution is 2.23. The summed E-state index contributed by atoms with van der Waals surface area (Å²) in [6.07, 6.45) is 1.17. The van der Waals surface area contributed by atoms with E-state index in [1.165, 1.54) is 6.42 Å². The van der Waals surface area contributed by atoms with E-state index in [2.05, 4.69) is 44.9 Å². The number of benzene rings is 1. The zero-order valence-electron chi connectivity index (χ0n) is 9.99. The van der Waals surface area contributed by atoms with Crippen molar-refractivity contribution in [2.45, 2.75) is 6.42 Å². The second kappa shape index (κ2) is 5.52. The van der Waals surface area contributed by atoms with Crippen LogP contribution in [0.2, 0.25) is 0 Å². The first-order chi connectivity index (χ1) is 8.19. The number of hydrogen-bond acceptors (Lipinski definition) is 3. The molecule has 1 fully saturated rings. The average molecular weight is 294 g/mol. The van der Waals surface area contributed by atoms with E-state index in [-0.39, 0.29) is 0 Å². The molecule has 0 atom stereocenters. The molecule has 3 nitrogen and oxygen atoms in total. The molecule has 1 heterocycles. The Balaban J connectivity index is 2.21. The SMILES string of the molecule is CN1CCCN(c2cc(Br)cc(C#N)c2)CC1. The van der Waals surface area contributed by atoms with Crippen molar-refractivity contribution >= 4 is 21.6 Å². The van der Waals surface area contributed by atoms with Crippen molar-refractivity contribution in [3.8, 4) is 6.07 Å². The summed E-state index contributed by atoms with van der Waals surface area (Å²) in [4.78, 5) is 4.71. The van der Waals surface area contributed by atoms with Gasteiger partial charge in [-0.3, -0.25) is 0 Å². The summed E-state index contributed by atoms with van der Waals surface area (Å²) in [6.45, 7) is 4.31. The van der Waals surface area contributed by atoms with Gasteiger partial charge >= 0.3 is 0 Å². The molecular formula is C13H16BrN3. The fraction of sp³-hybridized carbons (Fsp3) is 0.462. The maximum atomic E-state index is 8.98. The molecule has 17 heavy (non-hydrogen) atoms. The highest BCUT2D eigenvalue weighted by Gasteiger charge is 2.13. The summed E-state index contributed by atoms with van der Waals surface area (Å²) in [6, 6.07) is 8.12. The van der Waals surface area contributed by atoms with Crippen molar-refractivity contribution in [3.05, 3.63) is 28.2 Å². The second-order valence-electron chi connectivity index (χ2n) is 4.45. The lowest BCUT2D eigenvalue weighted by Crippen LogP contribution is -2.28. The van der Waals surface area contributed by atoms with Crippen molar-refractivity contribution < 1.29 is 0 Å². The smallest absolute Gasteiger partial charge is 0.0992 e. The zero-order chi connectivity index (χ0) is 12.3. The fourth-order valence-electron chi connectivity index (χ4n) is 2.13. The summed E-state index contributed by atoms with van der Waals surface area (Å²) in [5.74, 6) is 0. The minimum atomic E-state index is 0.715. The number of halogens is 1. The molecule has 1 saturated heterocycles. The van der Waals surface area contributed by atoms with Crippen molar-refractivity contribution in [1.29, 1.82) is 5.26 Å². The minimum absolute atomic E-state index is 0.715. The predicted molar refractivity (Wildman–Crippen MR) is 73.2 cm³/mol. The Morgan fingerprint density at radius 1 is 1.18 bits per heavy atom. The number of nitrogens with zero attached hydrogens (tertiary/aromatic N) is 3. The van der Waals surface area contributed by atoms with E-state index in [9.17, 15) is 0 Å². The molecule has 0 radical (unpaired) electrons. The van der Waals surface area contributed by atoms with Crippen LogP contribution >= 0.6 is 15.9 Å². The maximum Gasteiger partial charge on any atom is 0.0992 e. The van der Waals surface area contributed by atoms with Crippen LogP contribution in [-0.2, 0) is 0 Å².